The second-order valence-electron chi connectivity index (χ2n) is 6.49. The molecule has 8 heteroatoms. The van der Waals surface area contributed by atoms with Crippen molar-refractivity contribution in [3.05, 3.63) is 58.9 Å². The molecule has 1 aromatic heterocycles. The summed E-state index contributed by atoms with van der Waals surface area (Å²) in [7, 11) is 3.15. The summed E-state index contributed by atoms with van der Waals surface area (Å²) in [5, 5.41) is 17.1. The number of aryl methyl sites for hydroxylation is 2. The first kappa shape index (κ1) is 19.3. The molecule has 2 N–H and O–H groups in total. The van der Waals surface area contributed by atoms with Crippen LogP contribution < -0.4 is 14.8 Å². The van der Waals surface area contributed by atoms with Gasteiger partial charge in [0, 0.05) is 5.69 Å². The SMILES string of the molecule is COc1cccc(C[C@H](C(=O)Nc2cc(C)ccc2C)c2nn[nH]n2)c1OC. The normalized spacial score (nSPS) is 11.7. The van der Waals surface area contributed by atoms with Gasteiger partial charge in [0.25, 0.3) is 0 Å². The third-order valence-corrected chi connectivity index (χ3v) is 4.55. The Labute approximate surface area is 163 Å². The zero-order valence-corrected chi connectivity index (χ0v) is 16.3. The monoisotopic (exact) mass is 381 g/mol. The molecule has 1 amide bonds. The number of carbonyl (C=O) groups is 1. The van der Waals surface area contributed by atoms with Crippen LogP contribution in [0.25, 0.3) is 0 Å². The van der Waals surface area contributed by atoms with Crippen LogP contribution in [0.15, 0.2) is 36.4 Å². The maximum Gasteiger partial charge on any atom is 0.235 e. The van der Waals surface area contributed by atoms with Crippen molar-refractivity contribution in [2.45, 2.75) is 26.2 Å². The average molecular weight is 381 g/mol. The van der Waals surface area contributed by atoms with Crippen molar-refractivity contribution >= 4 is 11.6 Å². The van der Waals surface area contributed by atoms with E-state index in [1.165, 1.54) is 0 Å². The number of amides is 1. The molecule has 0 spiro atoms. The minimum Gasteiger partial charge on any atom is -0.493 e. The van der Waals surface area contributed by atoms with Gasteiger partial charge in [-0.25, -0.2) is 0 Å². The molecule has 3 aromatic rings. The highest BCUT2D eigenvalue weighted by Gasteiger charge is 2.27. The molecule has 0 bridgehead atoms. The van der Waals surface area contributed by atoms with Crippen molar-refractivity contribution in [1.29, 1.82) is 0 Å². The molecule has 0 fully saturated rings. The number of tetrazole rings is 1. The minimum absolute atomic E-state index is 0.222. The van der Waals surface area contributed by atoms with Crippen LogP contribution in [0.4, 0.5) is 5.69 Å². The molecule has 0 unspecified atom stereocenters. The number of ether oxygens (including phenoxy) is 2. The Kier molecular flexibility index (Phi) is 5.88. The molecule has 8 nitrogen and oxygen atoms in total. The number of hydrogen-bond acceptors (Lipinski definition) is 6. The van der Waals surface area contributed by atoms with Crippen LogP contribution in [0.2, 0.25) is 0 Å². The number of anilines is 1. The quantitative estimate of drug-likeness (QED) is 0.652. The topological polar surface area (TPSA) is 102 Å². The molecule has 1 atom stereocenters. The van der Waals surface area contributed by atoms with Crippen LogP contribution >= 0.6 is 0 Å². The Morgan fingerprint density at radius 2 is 2.00 bits per heavy atom. The number of nitrogens with one attached hydrogen (secondary N) is 2. The van der Waals surface area contributed by atoms with Crippen LogP contribution in [0.3, 0.4) is 0 Å². The summed E-state index contributed by atoms with van der Waals surface area (Å²) in [6, 6.07) is 11.5. The van der Waals surface area contributed by atoms with Crippen molar-refractivity contribution in [3.8, 4) is 11.5 Å². The van der Waals surface area contributed by atoms with Crippen molar-refractivity contribution < 1.29 is 14.3 Å². The largest absolute Gasteiger partial charge is 0.493 e. The van der Waals surface area contributed by atoms with Gasteiger partial charge in [0.1, 0.15) is 5.92 Å². The molecule has 28 heavy (non-hydrogen) atoms. The second kappa shape index (κ2) is 8.51. The Morgan fingerprint density at radius 3 is 2.68 bits per heavy atom. The molecule has 3 rings (SSSR count). The summed E-state index contributed by atoms with van der Waals surface area (Å²) in [6.07, 6.45) is 0.330. The summed E-state index contributed by atoms with van der Waals surface area (Å²) >= 11 is 0. The maximum absolute atomic E-state index is 13.1. The van der Waals surface area contributed by atoms with Gasteiger partial charge in [0.15, 0.2) is 17.3 Å². The molecule has 0 aliphatic rings. The average Bonchev–Trinajstić information content (AvgIpc) is 3.22. The number of nitrogens with zero attached hydrogens (tertiary/aromatic N) is 3. The van der Waals surface area contributed by atoms with Gasteiger partial charge in [-0.15, -0.1) is 10.2 Å². The molecular weight excluding hydrogens is 358 g/mol. The number of benzene rings is 2. The van der Waals surface area contributed by atoms with Crippen molar-refractivity contribution in [2.24, 2.45) is 0 Å². The summed E-state index contributed by atoms with van der Waals surface area (Å²) in [5.74, 6) is 0.618. The minimum atomic E-state index is -0.653. The summed E-state index contributed by atoms with van der Waals surface area (Å²) in [6.45, 7) is 3.93. The number of aromatic nitrogens is 4. The highest BCUT2D eigenvalue weighted by molar-refractivity contribution is 5.96. The third kappa shape index (κ3) is 4.11. The van der Waals surface area contributed by atoms with Gasteiger partial charge in [-0.05, 0) is 49.1 Å². The number of carbonyl (C=O) groups excluding carboxylic acids is 1. The maximum atomic E-state index is 13.1. The van der Waals surface area contributed by atoms with Crippen LogP contribution in [0.5, 0.6) is 11.5 Å². The molecule has 0 saturated carbocycles. The molecule has 0 aliphatic heterocycles. The highest BCUT2D eigenvalue weighted by Crippen LogP contribution is 2.34. The van der Waals surface area contributed by atoms with E-state index < -0.39 is 5.92 Å². The number of aromatic amines is 1. The fourth-order valence-electron chi connectivity index (χ4n) is 3.04. The number of hydrogen-bond donors (Lipinski definition) is 2. The van der Waals surface area contributed by atoms with E-state index in [1.807, 2.05) is 50.2 Å². The van der Waals surface area contributed by atoms with Crippen LogP contribution in [0.1, 0.15) is 28.4 Å². The van der Waals surface area contributed by atoms with Gasteiger partial charge in [0.05, 0.1) is 14.2 Å². The lowest BCUT2D eigenvalue weighted by Crippen LogP contribution is -2.25. The Morgan fingerprint density at radius 1 is 1.18 bits per heavy atom. The molecule has 0 saturated heterocycles. The fourth-order valence-corrected chi connectivity index (χ4v) is 3.04. The van der Waals surface area contributed by atoms with Crippen LogP contribution in [0, 0.1) is 13.8 Å². The number of H-pyrrole nitrogens is 1. The zero-order chi connectivity index (χ0) is 20.1. The second-order valence-corrected chi connectivity index (χ2v) is 6.49. The number of rotatable bonds is 7. The lowest BCUT2D eigenvalue weighted by atomic mass is 9.96. The predicted molar refractivity (Wildman–Crippen MR) is 105 cm³/mol. The first-order valence-corrected chi connectivity index (χ1v) is 8.84. The standard InChI is InChI=1S/C20H23N5O3/c1-12-8-9-13(2)16(10-12)21-20(26)15(19-22-24-25-23-19)11-14-6-5-7-17(27-3)18(14)28-4/h5-10,15H,11H2,1-4H3,(H,21,26)(H,22,23,24,25)/t15-/m0/s1. The van der Waals surface area contributed by atoms with E-state index in [9.17, 15) is 4.79 Å². The third-order valence-electron chi connectivity index (χ3n) is 4.55. The van der Waals surface area contributed by atoms with Crippen molar-refractivity contribution in [3.63, 3.8) is 0 Å². The van der Waals surface area contributed by atoms with Gasteiger partial charge < -0.3 is 14.8 Å². The van der Waals surface area contributed by atoms with Crippen molar-refractivity contribution in [1.82, 2.24) is 20.6 Å². The van der Waals surface area contributed by atoms with E-state index in [-0.39, 0.29) is 5.91 Å². The molecule has 1 heterocycles. The predicted octanol–water partition coefficient (Wildman–Crippen LogP) is 2.80. The van der Waals surface area contributed by atoms with E-state index in [1.54, 1.807) is 14.2 Å². The zero-order valence-electron chi connectivity index (χ0n) is 16.3. The lowest BCUT2D eigenvalue weighted by molar-refractivity contribution is -0.117. The number of para-hydroxylation sites is 1. The smallest absolute Gasteiger partial charge is 0.235 e. The molecular formula is C20H23N5O3. The summed E-state index contributed by atoms with van der Waals surface area (Å²) < 4.78 is 10.9. The molecule has 146 valence electrons. The summed E-state index contributed by atoms with van der Waals surface area (Å²) in [5.41, 5.74) is 3.61. The summed E-state index contributed by atoms with van der Waals surface area (Å²) in [4.78, 5) is 13.1. The molecule has 0 radical (unpaired) electrons. The van der Waals surface area contributed by atoms with E-state index >= 15 is 0 Å². The van der Waals surface area contributed by atoms with Crippen LogP contribution in [-0.4, -0.2) is 40.8 Å². The molecule has 0 aliphatic carbocycles. The van der Waals surface area contributed by atoms with Gasteiger partial charge in [-0.1, -0.05) is 29.5 Å². The van der Waals surface area contributed by atoms with Crippen molar-refractivity contribution in [2.75, 3.05) is 19.5 Å². The van der Waals surface area contributed by atoms with Gasteiger partial charge in [0.2, 0.25) is 5.91 Å². The van der Waals surface area contributed by atoms with Gasteiger partial charge >= 0.3 is 0 Å². The van der Waals surface area contributed by atoms with Crippen LogP contribution in [-0.2, 0) is 11.2 Å². The fraction of sp³-hybridized carbons (Fsp3) is 0.300. The first-order chi connectivity index (χ1) is 13.5. The van der Waals surface area contributed by atoms with E-state index in [0.29, 0.717) is 23.7 Å². The lowest BCUT2D eigenvalue weighted by Gasteiger charge is -2.18. The molecule has 2 aromatic carbocycles. The van der Waals surface area contributed by atoms with E-state index in [0.717, 1.165) is 22.4 Å². The highest BCUT2D eigenvalue weighted by atomic mass is 16.5. The van der Waals surface area contributed by atoms with Gasteiger partial charge in [-0.2, -0.15) is 5.21 Å². The van der Waals surface area contributed by atoms with E-state index in [4.69, 9.17) is 9.47 Å². The Balaban J connectivity index is 1.93. The Bertz CT molecular complexity index is 956. The van der Waals surface area contributed by atoms with E-state index in [2.05, 4.69) is 25.9 Å². The van der Waals surface area contributed by atoms with Gasteiger partial charge in [-0.3, -0.25) is 4.79 Å². The Hall–Kier alpha value is -3.42. The number of methoxy groups -OCH3 is 2. The first-order valence-electron chi connectivity index (χ1n) is 8.84.